The normalized spacial score (nSPS) is 17.6. The number of hydrogen-bond acceptors (Lipinski definition) is 5. The van der Waals surface area contributed by atoms with Crippen molar-refractivity contribution in [3.63, 3.8) is 0 Å². The number of ether oxygens (including phenoxy) is 2. The van der Waals surface area contributed by atoms with E-state index in [1.807, 2.05) is 18.2 Å². The fourth-order valence-electron chi connectivity index (χ4n) is 2.13. The second-order valence-electron chi connectivity index (χ2n) is 4.70. The number of esters is 1. The number of urea groups is 1. The van der Waals surface area contributed by atoms with E-state index in [0.29, 0.717) is 13.0 Å². The highest BCUT2D eigenvalue weighted by Gasteiger charge is 2.39. The van der Waals surface area contributed by atoms with Crippen LogP contribution < -0.4 is 5.32 Å². The molecule has 1 saturated heterocycles. The zero-order valence-corrected chi connectivity index (χ0v) is 12.3. The Bertz CT molecular complexity index is 546. The molecule has 22 heavy (non-hydrogen) atoms. The van der Waals surface area contributed by atoms with Gasteiger partial charge in [-0.25, -0.2) is 19.3 Å². The van der Waals surface area contributed by atoms with Gasteiger partial charge in [-0.05, 0) is 18.9 Å². The molecule has 118 valence electrons. The van der Waals surface area contributed by atoms with E-state index < -0.39 is 24.1 Å². The fourth-order valence-corrected chi connectivity index (χ4v) is 2.13. The number of nitrogens with one attached hydrogen (secondary N) is 1. The molecule has 7 heteroatoms. The Kier molecular flexibility index (Phi) is 5.35. The molecule has 0 radical (unpaired) electrons. The molecule has 1 fully saturated rings. The highest BCUT2D eigenvalue weighted by atomic mass is 16.6. The molecule has 3 amide bonds. The number of amides is 3. The topological polar surface area (TPSA) is 84.9 Å². The van der Waals surface area contributed by atoms with Crippen LogP contribution in [0.1, 0.15) is 18.9 Å². The van der Waals surface area contributed by atoms with E-state index in [2.05, 4.69) is 5.32 Å². The SMILES string of the molecule is CCOC(=O)[C@H]1CCNC(=O)N1C(=O)OCc1ccccc1. The smallest absolute Gasteiger partial charge is 0.419 e. The zero-order chi connectivity index (χ0) is 15.9. The molecule has 0 bridgehead atoms. The van der Waals surface area contributed by atoms with Crippen molar-refractivity contribution in [3.05, 3.63) is 35.9 Å². The maximum absolute atomic E-state index is 12.1. The number of benzene rings is 1. The molecule has 1 heterocycles. The summed E-state index contributed by atoms with van der Waals surface area (Å²) in [4.78, 5) is 36.7. The van der Waals surface area contributed by atoms with Gasteiger partial charge in [0.2, 0.25) is 0 Å². The van der Waals surface area contributed by atoms with E-state index >= 15 is 0 Å². The Morgan fingerprint density at radius 1 is 1.27 bits per heavy atom. The van der Waals surface area contributed by atoms with Crippen molar-refractivity contribution in [1.82, 2.24) is 10.2 Å². The molecule has 1 N–H and O–H groups in total. The summed E-state index contributed by atoms with van der Waals surface area (Å²) in [5.41, 5.74) is 0.793. The monoisotopic (exact) mass is 306 g/mol. The van der Waals surface area contributed by atoms with Crippen LogP contribution >= 0.6 is 0 Å². The summed E-state index contributed by atoms with van der Waals surface area (Å²) in [6.45, 7) is 2.19. The number of rotatable bonds is 4. The van der Waals surface area contributed by atoms with Gasteiger partial charge in [0.05, 0.1) is 6.61 Å². The molecular formula is C15H18N2O5. The van der Waals surface area contributed by atoms with Crippen molar-refractivity contribution in [2.24, 2.45) is 0 Å². The van der Waals surface area contributed by atoms with Crippen molar-refractivity contribution in [2.45, 2.75) is 26.0 Å². The molecule has 1 atom stereocenters. The maximum Gasteiger partial charge on any atom is 0.419 e. The summed E-state index contributed by atoms with van der Waals surface area (Å²) in [5.74, 6) is -0.603. The van der Waals surface area contributed by atoms with Gasteiger partial charge >= 0.3 is 18.1 Å². The Hall–Kier alpha value is -2.57. The predicted molar refractivity (Wildman–Crippen MR) is 76.9 cm³/mol. The molecule has 0 aliphatic carbocycles. The summed E-state index contributed by atoms with van der Waals surface area (Å²) < 4.78 is 10.0. The summed E-state index contributed by atoms with van der Waals surface area (Å²) in [6, 6.07) is 7.48. The molecule has 0 unspecified atom stereocenters. The first kappa shape index (κ1) is 15.8. The second kappa shape index (κ2) is 7.44. The van der Waals surface area contributed by atoms with Gasteiger partial charge in [0, 0.05) is 6.54 Å². The largest absolute Gasteiger partial charge is 0.464 e. The molecule has 1 aliphatic heterocycles. The number of hydrogen-bond donors (Lipinski definition) is 1. The predicted octanol–water partition coefficient (Wildman–Crippen LogP) is 1.67. The third-order valence-corrected chi connectivity index (χ3v) is 3.18. The molecule has 1 aliphatic rings. The molecule has 2 rings (SSSR count). The minimum Gasteiger partial charge on any atom is -0.464 e. The van der Waals surface area contributed by atoms with Crippen LogP contribution in [0.4, 0.5) is 9.59 Å². The first-order valence-electron chi connectivity index (χ1n) is 7.08. The van der Waals surface area contributed by atoms with Crippen LogP contribution in [0, 0.1) is 0 Å². The summed E-state index contributed by atoms with van der Waals surface area (Å²) >= 11 is 0. The fraction of sp³-hybridized carbons (Fsp3) is 0.400. The third kappa shape index (κ3) is 3.75. The molecule has 0 spiro atoms. The quantitative estimate of drug-likeness (QED) is 0.855. The Morgan fingerprint density at radius 2 is 2.00 bits per heavy atom. The number of nitrogens with zero attached hydrogens (tertiary/aromatic N) is 1. The number of carbonyl (C=O) groups is 3. The van der Waals surface area contributed by atoms with Crippen LogP contribution in [-0.4, -0.2) is 42.2 Å². The Balaban J connectivity index is 2.03. The van der Waals surface area contributed by atoms with Crippen molar-refractivity contribution in [3.8, 4) is 0 Å². The second-order valence-corrected chi connectivity index (χ2v) is 4.70. The van der Waals surface area contributed by atoms with Gasteiger partial charge in [0.25, 0.3) is 0 Å². The summed E-state index contributed by atoms with van der Waals surface area (Å²) in [5, 5.41) is 2.52. The van der Waals surface area contributed by atoms with E-state index in [4.69, 9.17) is 9.47 Å². The lowest BCUT2D eigenvalue weighted by atomic mass is 10.1. The van der Waals surface area contributed by atoms with Crippen molar-refractivity contribution in [1.29, 1.82) is 0 Å². The van der Waals surface area contributed by atoms with Gasteiger partial charge in [-0.15, -0.1) is 0 Å². The minimum absolute atomic E-state index is 0.0268. The van der Waals surface area contributed by atoms with E-state index in [9.17, 15) is 14.4 Å². The van der Waals surface area contributed by atoms with E-state index in [-0.39, 0.29) is 13.2 Å². The average Bonchev–Trinajstić information content (AvgIpc) is 2.53. The van der Waals surface area contributed by atoms with Crippen LogP contribution in [0.15, 0.2) is 30.3 Å². The van der Waals surface area contributed by atoms with Crippen LogP contribution in [0.25, 0.3) is 0 Å². The van der Waals surface area contributed by atoms with Gasteiger partial charge in [-0.2, -0.15) is 0 Å². The van der Waals surface area contributed by atoms with Gasteiger partial charge in [-0.3, -0.25) is 0 Å². The highest BCUT2D eigenvalue weighted by molar-refractivity contribution is 5.96. The minimum atomic E-state index is -0.947. The molecular weight excluding hydrogens is 288 g/mol. The van der Waals surface area contributed by atoms with Gasteiger partial charge in [0.1, 0.15) is 12.6 Å². The highest BCUT2D eigenvalue weighted by Crippen LogP contribution is 2.14. The molecule has 7 nitrogen and oxygen atoms in total. The van der Waals surface area contributed by atoms with Crippen molar-refractivity contribution in [2.75, 3.05) is 13.2 Å². The Morgan fingerprint density at radius 3 is 2.68 bits per heavy atom. The van der Waals surface area contributed by atoms with Crippen molar-refractivity contribution >= 4 is 18.1 Å². The summed E-state index contributed by atoms with van der Waals surface area (Å²) in [7, 11) is 0. The van der Waals surface area contributed by atoms with E-state index in [1.54, 1.807) is 19.1 Å². The summed E-state index contributed by atoms with van der Waals surface area (Å²) in [6.07, 6.45) is -0.565. The first-order chi connectivity index (χ1) is 10.6. The van der Waals surface area contributed by atoms with Gasteiger partial charge in [0.15, 0.2) is 0 Å². The van der Waals surface area contributed by atoms with E-state index in [0.717, 1.165) is 10.5 Å². The molecule has 1 aromatic rings. The van der Waals surface area contributed by atoms with E-state index in [1.165, 1.54) is 0 Å². The number of carbonyl (C=O) groups excluding carboxylic acids is 3. The molecule has 0 aromatic heterocycles. The average molecular weight is 306 g/mol. The van der Waals surface area contributed by atoms with Crippen LogP contribution in [0.5, 0.6) is 0 Å². The van der Waals surface area contributed by atoms with Crippen LogP contribution in [0.3, 0.4) is 0 Å². The first-order valence-corrected chi connectivity index (χ1v) is 7.08. The number of imide groups is 1. The van der Waals surface area contributed by atoms with Gasteiger partial charge < -0.3 is 14.8 Å². The lowest BCUT2D eigenvalue weighted by molar-refractivity contribution is -0.148. The maximum atomic E-state index is 12.1. The lowest BCUT2D eigenvalue weighted by Gasteiger charge is -2.31. The van der Waals surface area contributed by atoms with Crippen LogP contribution in [-0.2, 0) is 20.9 Å². The van der Waals surface area contributed by atoms with Crippen LogP contribution in [0.2, 0.25) is 0 Å². The molecule has 0 saturated carbocycles. The third-order valence-electron chi connectivity index (χ3n) is 3.18. The lowest BCUT2D eigenvalue weighted by Crippen LogP contribution is -2.58. The zero-order valence-electron chi connectivity index (χ0n) is 12.3. The Labute approximate surface area is 128 Å². The van der Waals surface area contributed by atoms with Gasteiger partial charge in [-0.1, -0.05) is 30.3 Å². The standard InChI is InChI=1S/C15H18N2O5/c1-2-21-13(18)12-8-9-16-14(19)17(12)15(20)22-10-11-6-4-3-5-7-11/h3-7,12H,2,8-10H2,1H3,(H,16,19)/t12-/m1/s1. The van der Waals surface area contributed by atoms with Crippen molar-refractivity contribution < 1.29 is 23.9 Å². The molecule has 1 aromatic carbocycles.